The van der Waals surface area contributed by atoms with Gasteiger partial charge in [0.15, 0.2) is 5.16 Å². The van der Waals surface area contributed by atoms with E-state index in [1.165, 1.54) is 35.7 Å². The predicted octanol–water partition coefficient (Wildman–Crippen LogP) is 3.29. The van der Waals surface area contributed by atoms with Crippen LogP contribution >= 0.6 is 23.5 Å². The minimum atomic E-state index is -0.451. The number of nitrogens with zero attached hydrogens (tertiary/aromatic N) is 3. The van der Waals surface area contributed by atoms with Crippen molar-refractivity contribution in [1.29, 1.82) is 0 Å². The van der Waals surface area contributed by atoms with Crippen molar-refractivity contribution in [3.05, 3.63) is 50.4 Å². The first-order valence-corrected chi connectivity index (χ1v) is 9.04. The minimum absolute atomic E-state index is 0.00311. The number of benzene rings is 1. The highest BCUT2D eigenvalue weighted by molar-refractivity contribution is 8.00. The molecule has 1 aromatic carbocycles. The van der Waals surface area contributed by atoms with Gasteiger partial charge in [-0.3, -0.25) is 19.5 Å². The molecule has 0 fully saturated rings. The molecule has 0 saturated carbocycles. The molecule has 0 amide bonds. The van der Waals surface area contributed by atoms with Gasteiger partial charge < -0.3 is 0 Å². The lowest BCUT2D eigenvalue weighted by molar-refractivity contribution is -0.384. The van der Waals surface area contributed by atoms with Gasteiger partial charge in [0.1, 0.15) is 0 Å². The van der Waals surface area contributed by atoms with Crippen LogP contribution in [0.1, 0.15) is 19.5 Å². The highest BCUT2D eigenvalue weighted by Crippen LogP contribution is 2.31. The molecule has 1 aromatic heterocycles. The van der Waals surface area contributed by atoms with Crippen LogP contribution in [-0.4, -0.2) is 25.5 Å². The van der Waals surface area contributed by atoms with Gasteiger partial charge >= 0.3 is 0 Å². The molecule has 6 nitrogen and oxygen atoms in total. The quantitative estimate of drug-likeness (QED) is 0.365. The Hall–Kier alpha value is -1.80. The van der Waals surface area contributed by atoms with Gasteiger partial charge in [-0.1, -0.05) is 25.6 Å². The molecule has 0 atom stereocenters. The Kier molecular flexibility index (Phi) is 4.45. The third-order valence-corrected chi connectivity index (χ3v) is 5.39. The van der Waals surface area contributed by atoms with Crippen LogP contribution in [0.25, 0.3) is 5.69 Å². The Labute approximate surface area is 141 Å². The van der Waals surface area contributed by atoms with Crippen molar-refractivity contribution < 1.29 is 4.92 Å². The number of thioether (sulfide) groups is 2. The van der Waals surface area contributed by atoms with Gasteiger partial charge in [-0.05, 0) is 12.1 Å². The topological polar surface area (TPSA) is 78.0 Å². The van der Waals surface area contributed by atoms with E-state index in [1.54, 1.807) is 16.7 Å². The van der Waals surface area contributed by atoms with Gasteiger partial charge in [-0.25, -0.2) is 4.98 Å². The van der Waals surface area contributed by atoms with Gasteiger partial charge in [-0.15, -0.1) is 11.8 Å². The fraction of sp³-hybridized carbons (Fsp3) is 0.333. The van der Waals surface area contributed by atoms with E-state index in [2.05, 4.69) is 4.98 Å². The first-order chi connectivity index (χ1) is 11.0. The molecule has 8 heteroatoms. The summed E-state index contributed by atoms with van der Waals surface area (Å²) in [5.41, 5.74) is 1.38. The van der Waals surface area contributed by atoms with E-state index < -0.39 is 4.92 Å². The van der Waals surface area contributed by atoms with E-state index in [-0.39, 0.29) is 16.5 Å². The Morgan fingerprint density at radius 1 is 1.35 bits per heavy atom. The number of hydrogen-bond acceptors (Lipinski definition) is 6. The van der Waals surface area contributed by atoms with Crippen molar-refractivity contribution in [3.8, 4) is 5.69 Å². The van der Waals surface area contributed by atoms with Gasteiger partial charge in [0.05, 0.1) is 21.2 Å². The van der Waals surface area contributed by atoms with E-state index in [0.717, 1.165) is 17.9 Å². The van der Waals surface area contributed by atoms with Gasteiger partial charge in [0, 0.05) is 29.6 Å². The lowest BCUT2D eigenvalue weighted by Gasteiger charge is -2.14. The number of nitro groups is 1. The Morgan fingerprint density at radius 3 is 2.65 bits per heavy atom. The summed E-state index contributed by atoms with van der Waals surface area (Å²) in [6.07, 6.45) is 0.808. The van der Waals surface area contributed by atoms with Crippen LogP contribution in [-0.2, 0) is 6.42 Å². The molecule has 23 heavy (non-hydrogen) atoms. The normalized spacial score (nSPS) is 13.3. The van der Waals surface area contributed by atoms with Crippen molar-refractivity contribution >= 4 is 29.2 Å². The summed E-state index contributed by atoms with van der Waals surface area (Å²) < 4.78 is 1.56. The summed E-state index contributed by atoms with van der Waals surface area (Å²) in [7, 11) is 0. The number of aromatic nitrogens is 2. The minimum Gasteiger partial charge on any atom is -0.268 e. The van der Waals surface area contributed by atoms with Crippen LogP contribution < -0.4 is 5.56 Å². The Bertz CT molecular complexity index is 816. The van der Waals surface area contributed by atoms with E-state index in [1.807, 2.05) is 13.8 Å². The largest absolute Gasteiger partial charge is 0.272 e. The fourth-order valence-corrected chi connectivity index (χ4v) is 4.24. The molecule has 0 saturated heterocycles. The monoisotopic (exact) mass is 349 g/mol. The molecule has 2 heterocycles. The molecule has 0 N–H and O–H groups in total. The maximum Gasteiger partial charge on any atom is 0.272 e. The molecule has 2 aromatic rings. The van der Waals surface area contributed by atoms with E-state index in [4.69, 9.17) is 0 Å². The zero-order valence-electron chi connectivity index (χ0n) is 12.7. The summed E-state index contributed by atoms with van der Waals surface area (Å²) in [4.78, 5) is 28.5. The summed E-state index contributed by atoms with van der Waals surface area (Å²) in [6, 6.07) is 6.01. The van der Waals surface area contributed by atoms with E-state index >= 15 is 0 Å². The summed E-state index contributed by atoms with van der Waals surface area (Å²) in [5.74, 6) is 0.869. The van der Waals surface area contributed by atoms with Crippen molar-refractivity contribution in [1.82, 2.24) is 9.55 Å². The molecule has 0 spiro atoms. The second-order valence-electron chi connectivity index (χ2n) is 5.35. The van der Waals surface area contributed by atoms with Crippen molar-refractivity contribution in [2.45, 2.75) is 35.6 Å². The van der Waals surface area contributed by atoms with Crippen LogP contribution in [0, 0.1) is 10.1 Å². The third-order valence-electron chi connectivity index (χ3n) is 3.33. The standard InChI is InChI=1S/C15H15N3O3S2/c1-9(2)23-15-16-12-7-8-22-13(12)14(19)17(15)10-3-5-11(6-4-10)18(20)21/h3-6,9H,7-8H2,1-2H3. The second-order valence-corrected chi connectivity index (χ2v) is 8.00. The number of hydrogen-bond donors (Lipinski definition) is 0. The zero-order chi connectivity index (χ0) is 16.6. The number of non-ortho nitro benzene ring substituents is 1. The van der Waals surface area contributed by atoms with Crippen LogP contribution in [0.2, 0.25) is 0 Å². The summed E-state index contributed by atoms with van der Waals surface area (Å²) in [5, 5.41) is 11.7. The maximum absolute atomic E-state index is 12.8. The number of nitro benzene ring substituents is 1. The molecule has 0 bridgehead atoms. The zero-order valence-corrected chi connectivity index (χ0v) is 14.3. The lowest BCUT2D eigenvalue weighted by atomic mass is 10.2. The predicted molar refractivity (Wildman–Crippen MR) is 91.9 cm³/mol. The second kappa shape index (κ2) is 6.37. The van der Waals surface area contributed by atoms with Crippen LogP contribution in [0.4, 0.5) is 5.69 Å². The van der Waals surface area contributed by atoms with E-state index in [9.17, 15) is 14.9 Å². The first kappa shape index (κ1) is 16.1. The van der Waals surface area contributed by atoms with Crippen molar-refractivity contribution in [2.24, 2.45) is 0 Å². The number of aryl methyl sites for hydroxylation is 1. The maximum atomic E-state index is 12.8. The molecule has 120 valence electrons. The Balaban J connectivity index is 2.16. The van der Waals surface area contributed by atoms with Crippen LogP contribution in [0.3, 0.4) is 0 Å². The van der Waals surface area contributed by atoms with Crippen molar-refractivity contribution in [2.75, 3.05) is 5.75 Å². The van der Waals surface area contributed by atoms with Crippen molar-refractivity contribution in [3.63, 3.8) is 0 Å². The lowest BCUT2D eigenvalue weighted by Crippen LogP contribution is -2.24. The number of rotatable bonds is 4. The average molecular weight is 349 g/mol. The van der Waals surface area contributed by atoms with Gasteiger partial charge in [0.25, 0.3) is 11.2 Å². The molecular formula is C15H15N3O3S2. The highest BCUT2D eigenvalue weighted by Gasteiger charge is 2.23. The molecule has 1 aliphatic rings. The van der Waals surface area contributed by atoms with Crippen LogP contribution in [0.5, 0.6) is 0 Å². The van der Waals surface area contributed by atoms with Crippen LogP contribution in [0.15, 0.2) is 39.1 Å². The summed E-state index contributed by atoms with van der Waals surface area (Å²) in [6.45, 7) is 4.08. The summed E-state index contributed by atoms with van der Waals surface area (Å²) >= 11 is 3.04. The Morgan fingerprint density at radius 2 is 2.04 bits per heavy atom. The average Bonchev–Trinajstić information content (AvgIpc) is 2.96. The fourth-order valence-electron chi connectivity index (χ4n) is 2.33. The molecule has 1 aliphatic heterocycles. The van der Waals surface area contributed by atoms with E-state index in [0.29, 0.717) is 15.7 Å². The number of fused-ring (bicyclic) bond motifs is 1. The molecular weight excluding hydrogens is 334 g/mol. The third kappa shape index (κ3) is 3.13. The SMILES string of the molecule is CC(C)Sc1nc2c(c(=O)n1-c1ccc([N+](=O)[O-])cc1)SCC2. The smallest absolute Gasteiger partial charge is 0.268 e. The molecule has 0 unspecified atom stereocenters. The molecule has 0 radical (unpaired) electrons. The molecule has 3 rings (SSSR count). The van der Waals surface area contributed by atoms with Gasteiger partial charge in [-0.2, -0.15) is 0 Å². The first-order valence-electron chi connectivity index (χ1n) is 7.17. The molecule has 0 aliphatic carbocycles. The highest BCUT2D eigenvalue weighted by atomic mass is 32.2. The van der Waals surface area contributed by atoms with Gasteiger partial charge in [0.2, 0.25) is 0 Å².